The molecule has 1 aliphatic rings. The number of aliphatic hydroxyl groups excluding tert-OH is 1. The van der Waals surface area contributed by atoms with E-state index in [1.807, 2.05) is 60.7 Å². The monoisotopic (exact) mass is 353 g/mol. The van der Waals surface area contributed by atoms with Crippen LogP contribution in [0, 0.1) is 11.8 Å². The quantitative estimate of drug-likeness (QED) is 0.772. The van der Waals surface area contributed by atoms with Gasteiger partial charge in [0.25, 0.3) is 0 Å². The summed E-state index contributed by atoms with van der Waals surface area (Å²) in [5.41, 5.74) is 2.03. The van der Waals surface area contributed by atoms with Crippen LogP contribution in [-0.4, -0.2) is 29.3 Å². The number of ether oxygens (including phenoxy) is 1. The highest BCUT2D eigenvalue weighted by atomic mass is 16.6. The van der Waals surface area contributed by atoms with Gasteiger partial charge in [-0.15, -0.1) is 0 Å². The summed E-state index contributed by atoms with van der Waals surface area (Å²) < 4.78 is 5.54. The zero-order valence-corrected chi connectivity index (χ0v) is 15.1. The first-order valence-corrected chi connectivity index (χ1v) is 9.36. The van der Waals surface area contributed by atoms with Crippen molar-refractivity contribution >= 4 is 6.09 Å². The van der Waals surface area contributed by atoms with E-state index >= 15 is 0 Å². The first-order chi connectivity index (χ1) is 12.8. The Morgan fingerprint density at radius 2 is 1.65 bits per heavy atom. The van der Waals surface area contributed by atoms with Crippen LogP contribution in [0.4, 0.5) is 4.79 Å². The van der Waals surface area contributed by atoms with Crippen LogP contribution in [0.1, 0.15) is 30.4 Å². The first-order valence-electron chi connectivity index (χ1n) is 9.36. The molecule has 2 aromatic carbocycles. The van der Waals surface area contributed by atoms with Gasteiger partial charge in [0.2, 0.25) is 0 Å². The van der Waals surface area contributed by atoms with E-state index in [9.17, 15) is 9.90 Å². The molecule has 0 bridgehead atoms. The van der Waals surface area contributed by atoms with Crippen molar-refractivity contribution in [3.8, 4) is 0 Å². The third-order valence-electron chi connectivity index (χ3n) is 5.19. The summed E-state index contributed by atoms with van der Waals surface area (Å²) in [5, 5.41) is 9.79. The molecule has 0 aromatic heterocycles. The molecule has 0 spiro atoms. The van der Waals surface area contributed by atoms with Crippen molar-refractivity contribution in [2.24, 2.45) is 11.8 Å². The van der Waals surface area contributed by atoms with E-state index in [1.54, 1.807) is 4.90 Å². The number of hydrogen-bond donors (Lipinski definition) is 1. The van der Waals surface area contributed by atoms with Crippen LogP contribution in [0.15, 0.2) is 60.7 Å². The Morgan fingerprint density at radius 1 is 1.04 bits per heavy atom. The molecule has 3 rings (SSSR count). The minimum atomic E-state index is -0.324. The SMILES string of the molecule is O=C(OCc1ccccc1)N(Cc1ccccc1)CC(CO)C1CCC1. The van der Waals surface area contributed by atoms with E-state index in [0.29, 0.717) is 19.0 Å². The van der Waals surface area contributed by atoms with Gasteiger partial charge < -0.3 is 14.7 Å². The fourth-order valence-electron chi connectivity index (χ4n) is 3.37. The number of amides is 1. The summed E-state index contributed by atoms with van der Waals surface area (Å²) in [6.45, 7) is 1.40. The van der Waals surface area contributed by atoms with Gasteiger partial charge in [0.05, 0.1) is 0 Å². The van der Waals surface area contributed by atoms with E-state index in [2.05, 4.69) is 0 Å². The lowest BCUT2D eigenvalue weighted by Crippen LogP contribution is -2.40. The fourth-order valence-corrected chi connectivity index (χ4v) is 3.37. The molecule has 1 aliphatic carbocycles. The molecule has 1 unspecified atom stereocenters. The van der Waals surface area contributed by atoms with E-state index in [-0.39, 0.29) is 25.2 Å². The van der Waals surface area contributed by atoms with Gasteiger partial charge in [0, 0.05) is 25.6 Å². The van der Waals surface area contributed by atoms with E-state index in [1.165, 1.54) is 6.42 Å². The van der Waals surface area contributed by atoms with Gasteiger partial charge in [0.15, 0.2) is 0 Å². The summed E-state index contributed by atoms with van der Waals surface area (Å²) in [4.78, 5) is 14.5. The molecule has 1 fully saturated rings. The molecule has 26 heavy (non-hydrogen) atoms. The topological polar surface area (TPSA) is 49.8 Å². The number of hydrogen-bond acceptors (Lipinski definition) is 3. The van der Waals surface area contributed by atoms with Crippen LogP contribution in [-0.2, 0) is 17.9 Å². The fraction of sp³-hybridized carbons (Fsp3) is 0.409. The Hall–Kier alpha value is -2.33. The first kappa shape index (κ1) is 18.5. The second-order valence-corrected chi connectivity index (χ2v) is 7.04. The molecular formula is C22H27NO3. The lowest BCUT2D eigenvalue weighted by molar-refractivity contribution is 0.0572. The highest BCUT2D eigenvalue weighted by Crippen LogP contribution is 2.34. The second kappa shape index (κ2) is 9.39. The van der Waals surface area contributed by atoms with Crippen LogP contribution in [0.2, 0.25) is 0 Å². The minimum absolute atomic E-state index is 0.113. The van der Waals surface area contributed by atoms with Crippen molar-refractivity contribution in [2.75, 3.05) is 13.2 Å². The van der Waals surface area contributed by atoms with Crippen molar-refractivity contribution in [3.05, 3.63) is 71.8 Å². The van der Waals surface area contributed by atoms with Crippen molar-refractivity contribution in [2.45, 2.75) is 32.4 Å². The standard InChI is InChI=1S/C22H27NO3/c24-16-21(20-12-7-13-20)15-23(14-18-8-3-1-4-9-18)22(25)26-17-19-10-5-2-6-11-19/h1-6,8-11,20-21,24H,7,12-17H2. The number of benzene rings is 2. The van der Waals surface area contributed by atoms with Crippen LogP contribution in [0.25, 0.3) is 0 Å². The number of aliphatic hydroxyl groups is 1. The van der Waals surface area contributed by atoms with E-state index < -0.39 is 0 Å². The lowest BCUT2D eigenvalue weighted by atomic mass is 9.76. The summed E-state index contributed by atoms with van der Waals surface area (Å²) in [6, 6.07) is 19.6. The highest BCUT2D eigenvalue weighted by molar-refractivity contribution is 5.67. The van der Waals surface area contributed by atoms with Crippen molar-refractivity contribution in [1.29, 1.82) is 0 Å². The number of rotatable bonds is 8. The van der Waals surface area contributed by atoms with Gasteiger partial charge in [-0.2, -0.15) is 0 Å². The van der Waals surface area contributed by atoms with Gasteiger partial charge in [-0.1, -0.05) is 79.9 Å². The van der Waals surface area contributed by atoms with E-state index in [4.69, 9.17) is 4.74 Å². The molecule has 0 aliphatic heterocycles. The second-order valence-electron chi connectivity index (χ2n) is 7.04. The van der Waals surface area contributed by atoms with Crippen LogP contribution in [0.5, 0.6) is 0 Å². The van der Waals surface area contributed by atoms with Crippen LogP contribution in [0.3, 0.4) is 0 Å². The molecule has 4 heteroatoms. The Balaban J connectivity index is 1.65. The maximum atomic E-state index is 12.7. The van der Waals surface area contributed by atoms with Gasteiger partial charge in [-0.3, -0.25) is 0 Å². The number of carbonyl (C=O) groups excluding carboxylic acids is 1. The number of carbonyl (C=O) groups is 1. The summed E-state index contributed by atoms with van der Waals surface area (Å²) in [5.74, 6) is 0.636. The lowest BCUT2D eigenvalue weighted by Gasteiger charge is -2.35. The van der Waals surface area contributed by atoms with Gasteiger partial charge >= 0.3 is 6.09 Å². The van der Waals surface area contributed by atoms with Gasteiger partial charge in [0.1, 0.15) is 6.61 Å². The predicted molar refractivity (Wildman–Crippen MR) is 101 cm³/mol. The molecule has 1 amide bonds. The third-order valence-corrected chi connectivity index (χ3v) is 5.19. The zero-order chi connectivity index (χ0) is 18.2. The molecule has 0 radical (unpaired) electrons. The third kappa shape index (κ3) is 5.09. The van der Waals surface area contributed by atoms with Gasteiger partial charge in [-0.05, 0) is 17.0 Å². The Kier molecular flexibility index (Phi) is 6.67. The molecule has 2 aromatic rings. The number of nitrogens with zero attached hydrogens (tertiary/aromatic N) is 1. The smallest absolute Gasteiger partial charge is 0.410 e. The van der Waals surface area contributed by atoms with E-state index in [0.717, 1.165) is 24.0 Å². The minimum Gasteiger partial charge on any atom is -0.445 e. The molecule has 0 saturated heterocycles. The molecule has 1 N–H and O–H groups in total. The largest absolute Gasteiger partial charge is 0.445 e. The molecule has 1 atom stereocenters. The zero-order valence-electron chi connectivity index (χ0n) is 15.1. The van der Waals surface area contributed by atoms with Crippen LogP contribution >= 0.6 is 0 Å². The average Bonchev–Trinajstić information content (AvgIpc) is 2.65. The Bertz CT molecular complexity index is 670. The maximum absolute atomic E-state index is 12.7. The molecule has 0 heterocycles. The molecular weight excluding hydrogens is 326 g/mol. The van der Waals surface area contributed by atoms with Crippen molar-refractivity contribution in [1.82, 2.24) is 4.90 Å². The maximum Gasteiger partial charge on any atom is 0.410 e. The average molecular weight is 353 g/mol. The Morgan fingerprint density at radius 3 is 2.19 bits per heavy atom. The van der Waals surface area contributed by atoms with Crippen molar-refractivity contribution < 1.29 is 14.6 Å². The molecule has 138 valence electrons. The molecule has 1 saturated carbocycles. The predicted octanol–water partition coefficient (Wildman–Crippen LogP) is 4.23. The summed E-state index contributed by atoms with van der Waals surface area (Å²) in [6.07, 6.45) is 3.18. The highest BCUT2D eigenvalue weighted by Gasteiger charge is 2.30. The summed E-state index contributed by atoms with van der Waals surface area (Å²) >= 11 is 0. The van der Waals surface area contributed by atoms with Crippen molar-refractivity contribution in [3.63, 3.8) is 0 Å². The van der Waals surface area contributed by atoms with Gasteiger partial charge in [-0.25, -0.2) is 4.79 Å². The Labute approximate surface area is 155 Å². The summed E-state index contributed by atoms with van der Waals surface area (Å²) in [7, 11) is 0. The van der Waals surface area contributed by atoms with Crippen LogP contribution < -0.4 is 0 Å². The normalized spacial score (nSPS) is 15.1. The molecule has 4 nitrogen and oxygen atoms in total.